The molecule has 0 heterocycles. The minimum Gasteiger partial charge on any atom is -0.383 e. The lowest BCUT2D eigenvalue weighted by atomic mass is 10.2. The molecule has 0 spiro atoms. The van der Waals surface area contributed by atoms with E-state index < -0.39 is 11.7 Å². The van der Waals surface area contributed by atoms with E-state index in [1.807, 2.05) is 6.26 Å². The van der Waals surface area contributed by atoms with Gasteiger partial charge < -0.3 is 5.32 Å². The SMILES string of the molecule is CSCCNc1cc(C(F)(F)F)ccc1Br. The maximum absolute atomic E-state index is 12.4. The molecule has 16 heavy (non-hydrogen) atoms. The van der Waals surface area contributed by atoms with Gasteiger partial charge in [0.2, 0.25) is 0 Å². The van der Waals surface area contributed by atoms with Crippen LogP contribution in [-0.2, 0) is 6.18 Å². The van der Waals surface area contributed by atoms with Crippen molar-refractivity contribution in [3.8, 4) is 0 Å². The highest BCUT2D eigenvalue weighted by molar-refractivity contribution is 9.10. The zero-order chi connectivity index (χ0) is 12.2. The van der Waals surface area contributed by atoms with Gasteiger partial charge in [0.15, 0.2) is 0 Å². The molecule has 1 rings (SSSR count). The van der Waals surface area contributed by atoms with Crippen molar-refractivity contribution in [3.05, 3.63) is 28.2 Å². The van der Waals surface area contributed by atoms with E-state index >= 15 is 0 Å². The van der Waals surface area contributed by atoms with E-state index in [-0.39, 0.29) is 0 Å². The van der Waals surface area contributed by atoms with Crippen LogP contribution < -0.4 is 5.32 Å². The fourth-order valence-electron chi connectivity index (χ4n) is 1.12. The van der Waals surface area contributed by atoms with Gasteiger partial charge in [0.1, 0.15) is 0 Å². The van der Waals surface area contributed by atoms with Gasteiger partial charge in [-0.1, -0.05) is 0 Å². The van der Waals surface area contributed by atoms with Gasteiger partial charge in [0.05, 0.1) is 5.56 Å². The zero-order valence-electron chi connectivity index (χ0n) is 8.57. The summed E-state index contributed by atoms with van der Waals surface area (Å²) in [5.74, 6) is 0.850. The van der Waals surface area contributed by atoms with Crippen molar-refractivity contribution < 1.29 is 13.2 Å². The average molecular weight is 314 g/mol. The van der Waals surface area contributed by atoms with Crippen LogP contribution in [0.25, 0.3) is 0 Å². The molecular weight excluding hydrogens is 303 g/mol. The maximum atomic E-state index is 12.4. The quantitative estimate of drug-likeness (QED) is 0.834. The Balaban J connectivity index is 2.83. The normalized spacial score (nSPS) is 11.6. The predicted octanol–water partition coefficient (Wildman–Crippen LogP) is 4.24. The Kier molecular flexibility index (Phi) is 4.98. The van der Waals surface area contributed by atoms with Crippen molar-refractivity contribution in [2.75, 3.05) is 23.9 Å². The molecule has 1 N–H and O–H groups in total. The first-order valence-electron chi connectivity index (χ1n) is 4.54. The first-order chi connectivity index (χ1) is 7.45. The third kappa shape index (κ3) is 3.90. The molecule has 0 aliphatic heterocycles. The minimum absolute atomic E-state index is 0.476. The van der Waals surface area contributed by atoms with Crippen LogP contribution in [0, 0.1) is 0 Å². The van der Waals surface area contributed by atoms with Crippen molar-refractivity contribution >= 4 is 33.4 Å². The van der Waals surface area contributed by atoms with Crippen LogP contribution in [0.1, 0.15) is 5.56 Å². The summed E-state index contributed by atoms with van der Waals surface area (Å²) >= 11 is 4.85. The summed E-state index contributed by atoms with van der Waals surface area (Å²) in [4.78, 5) is 0. The second-order valence-electron chi connectivity index (χ2n) is 3.11. The lowest BCUT2D eigenvalue weighted by molar-refractivity contribution is -0.137. The van der Waals surface area contributed by atoms with Crippen LogP contribution in [0.3, 0.4) is 0 Å². The van der Waals surface area contributed by atoms with Gasteiger partial charge in [0.25, 0.3) is 0 Å². The number of halogens is 4. The highest BCUT2D eigenvalue weighted by atomic mass is 79.9. The molecule has 1 aromatic carbocycles. The van der Waals surface area contributed by atoms with E-state index in [4.69, 9.17) is 0 Å². The monoisotopic (exact) mass is 313 g/mol. The molecule has 1 aromatic rings. The lowest BCUT2D eigenvalue weighted by Crippen LogP contribution is -2.08. The lowest BCUT2D eigenvalue weighted by Gasteiger charge is -2.12. The first-order valence-corrected chi connectivity index (χ1v) is 6.73. The predicted molar refractivity (Wildman–Crippen MR) is 66.0 cm³/mol. The van der Waals surface area contributed by atoms with Gasteiger partial charge in [-0.3, -0.25) is 0 Å². The van der Waals surface area contributed by atoms with Gasteiger partial charge in [-0.25, -0.2) is 0 Å². The minimum atomic E-state index is -4.30. The second-order valence-corrected chi connectivity index (χ2v) is 4.95. The van der Waals surface area contributed by atoms with Gasteiger partial charge in [-0.2, -0.15) is 24.9 Å². The summed E-state index contributed by atoms with van der Waals surface area (Å²) in [6, 6.07) is 3.58. The van der Waals surface area contributed by atoms with E-state index in [0.717, 1.165) is 17.9 Å². The fourth-order valence-corrected chi connectivity index (χ4v) is 1.82. The zero-order valence-corrected chi connectivity index (χ0v) is 11.0. The molecule has 0 radical (unpaired) electrons. The molecule has 0 bridgehead atoms. The number of nitrogens with one attached hydrogen (secondary N) is 1. The third-order valence-electron chi connectivity index (χ3n) is 1.92. The largest absolute Gasteiger partial charge is 0.416 e. The Morgan fingerprint density at radius 2 is 2.06 bits per heavy atom. The molecule has 1 nitrogen and oxygen atoms in total. The van der Waals surface area contributed by atoms with Crippen molar-refractivity contribution in [1.29, 1.82) is 0 Å². The number of anilines is 1. The van der Waals surface area contributed by atoms with Crippen molar-refractivity contribution in [3.63, 3.8) is 0 Å². The fraction of sp³-hybridized carbons (Fsp3) is 0.400. The number of rotatable bonds is 4. The van der Waals surface area contributed by atoms with Crippen LogP contribution >= 0.6 is 27.7 Å². The Morgan fingerprint density at radius 1 is 1.38 bits per heavy atom. The van der Waals surface area contributed by atoms with E-state index in [0.29, 0.717) is 16.7 Å². The molecule has 0 amide bonds. The van der Waals surface area contributed by atoms with Crippen LogP contribution in [0.5, 0.6) is 0 Å². The number of hydrogen-bond acceptors (Lipinski definition) is 2. The van der Waals surface area contributed by atoms with Gasteiger partial charge >= 0.3 is 6.18 Å². The molecule has 6 heteroatoms. The number of hydrogen-bond donors (Lipinski definition) is 1. The van der Waals surface area contributed by atoms with E-state index in [1.165, 1.54) is 6.07 Å². The molecule has 0 saturated heterocycles. The van der Waals surface area contributed by atoms with Crippen molar-refractivity contribution in [2.45, 2.75) is 6.18 Å². The number of alkyl halides is 3. The van der Waals surface area contributed by atoms with Gasteiger partial charge in [0, 0.05) is 22.5 Å². The van der Waals surface area contributed by atoms with E-state index in [9.17, 15) is 13.2 Å². The molecule has 90 valence electrons. The molecular formula is C10H11BrF3NS. The highest BCUT2D eigenvalue weighted by Gasteiger charge is 2.30. The van der Waals surface area contributed by atoms with Crippen LogP contribution in [0.15, 0.2) is 22.7 Å². The molecule has 0 atom stereocenters. The summed E-state index contributed by atoms with van der Waals surface area (Å²) in [5, 5.41) is 2.96. The smallest absolute Gasteiger partial charge is 0.383 e. The summed E-state index contributed by atoms with van der Waals surface area (Å²) in [5.41, 5.74) is -0.161. The Bertz CT molecular complexity index is 354. The first kappa shape index (κ1) is 13.7. The molecule has 0 aliphatic rings. The van der Waals surface area contributed by atoms with Crippen molar-refractivity contribution in [1.82, 2.24) is 0 Å². The molecule has 0 unspecified atom stereocenters. The van der Waals surface area contributed by atoms with Crippen LogP contribution in [0.4, 0.5) is 18.9 Å². The van der Waals surface area contributed by atoms with Crippen LogP contribution in [-0.4, -0.2) is 18.6 Å². The molecule has 0 aromatic heterocycles. The maximum Gasteiger partial charge on any atom is 0.416 e. The average Bonchev–Trinajstić information content (AvgIpc) is 2.19. The van der Waals surface area contributed by atoms with Gasteiger partial charge in [-0.05, 0) is 40.4 Å². The molecule has 0 aliphatic carbocycles. The second kappa shape index (κ2) is 5.82. The summed E-state index contributed by atoms with van der Waals surface area (Å²) in [6.45, 7) is 0.640. The highest BCUT2D eigenvalue weighted by Crippen LogP contribution is 2.33. The Hall–Kier alpha value is -0.360. The van der Waals surface area contributed by atoms with E-state index in [1.54, 1.807) is 11.8 Å². The Morgan fingerprint density at radius 3 is 2.62 bits per heavy atom. The Labute approximate surface area is 105 Å². The van der Waals surface area contributed by atoms with E-state index in [2.05, 4.69) is 21.2 Å². The molecule has 0 fully saturated rings. The standard InChI is InChI=1S/C10H11BrF3NS/c1-16-5-4-15-9-6-7(10(12,13)14)2-3-8(9)11/h2-3,6,15H,4-5H2,1H3. The third-order valence-corrected chi connectivity index (χ3v) is 3.22. The topological polar surface area (TPSA) is 12.0 Å². The van der Waals surface area contributed by atoms with Crippen LogP contribution in [0.2, 0.25) is 0 Å². The number of benzene rings is 1. The summed E-state index contributed by atoms with van der Waals surface area (Å²) in [7, 11) is 0. The molecule has 0 saturated carbocycles. The summed E-state index contributed by atoms with van der Waals surface area (Å²) in [6.07, 6.45) is -2.35. The summed E-state index contributed by atoms with van der Waals surface area (Å²) < 4.78 is 38.0. The van der Waals surface area contributed by atoms with Gasteiger partial charge in [-0.15, -0.1) is 0 Å². The van der Waals surface area contributed by atoms with Crippen molar-refractivity contribution in [2.24, 2.45) is 0 Å². The number of thioether (sulfide) groups is 1.